The van der Waals surface area contributed by atoms with Gasteiger partial charge in [0.15, 0.2) is 0 Å². The van der Waals surface area contributed by atoms with Crippen LogP contribution in [0.1, 0.15) is 55.5 Å². The summed E-state index contributed by atoms with van der Waals surface area (Å²) in [5.74, 6) is 0.783. The maximum absolute atomic E-state index is 10.4. The van der Waals surface area contributed by atoms with Gasteiger partial charge < -0.3 is 14.4 Å². The standard InChI is InChI=1S/C16H20N2O3/c1-11(13(19)12-7-4-3-5-8-12)14-17-15(18-21-14)16(20-2)9-6-10-16/h3-5,7-8,11,13,19H,6,9-10H2,1-2H3. The minimum Gasteiger partial charge on any atom is -0.388 e. The van der Waals surface area contributed by atoms with Gasteiger partial charge >= 0.3 is 0 Å². The Balaban J connectivity index is 1.80. The van der Waals surface area contributed by atoms with Crippen LogP contribution in [0.25, 0.3) is 0 Å². The predicted molar refractivity (Wildman–Crippen MR) is 76.7 cm³/mol. The van der Waals surface area contributed by atoms with E-state index in [2.05, 4.69) is 10.1 Å². The minimum absolute atomic E-state index is 0.261. The minimum atomic E-state index is -0.667. The van der Waals surface area contributed by atoms with E-state index in [4.69, 9.17) is 9.26 Å². The fourth-order valence-corrected chi connectivity index (χ4v) is 2.70. The lowest BCUT2D eigenvalue weighted by atomic mass is 9.79. The first-order valence-corrected chi connectivity index (χ1v) is 7.28. The van der Waals surface area contributed by atoms with Crippen LogP contribution in [0.5, 0.6) is 0 Å². The molecule has 1 fully saturated rings. The van der Waals surface area contributed by atoms with Gasteiger partial charge in [-0.05, 0) is 24.8 Å². The Morgan fingerprint density at radius 3 is 2.57 bits per heavy atom. The molecule has 1 aliphatic carbocycles. The van der Waals surface area contributed by atoms with Crippen LogP contribution in [-0.2, 0) is 10.3 Å². The van der Waals surface area contributed by atoms with Gasteiger partial charge in [-0.3, -0.25) is 0 Å². The molecule has 2 aromatic rings. The second-order valence-corrected chi connectivity index (χ2v) is 5.65. The third kappa shape index (κ3) is 2.47. The van der Waals surface area contributed by atoms with E-state index in [9.17, 15) is 5.11 Å². The van der Waals surface area contributed by atoms with Gasteiger partial charge in [0.2, 0.25) is 11.7 Å². The fourth-order valence-electron chi connectivity index (χ4n) is 2.70. The highest BCUT2D eigenvalue weighted by atomic mass is 16.5. The van der Waals surface area contributed by atoms with Gasteiger partial charge in [-0.2, -0.15) is 4.98 Å². The highest BCUT2D eigenvalue weighted by Gasteiger charge is 2.43. The molecule has 1 aliphatic rings. The number of aromatic nitrogens is 2. The molecule has 0 radical (unpaired) electrons. The summed E-state index contributed by atoms with van der Waals surface area (Å²) in [7, 11) is 1.68. The van der Waals surface area contributed by atoms with Gasteiger partial charge in [0.1, 0.15) is 5.60 Å². The number of hydrogen-bond donors (Lipinski definition) is 1. The van der Waals surface area contributed by atoms with E-state index in [1.165, 1.54) is 0 Å². The second-order valence-electron chi connectivity index (χ2n) is 5.65. The van der Waals surface area contributed by atoms with Crippen LogP contribution in [0.2, 0.25) is 0 Å². The zero-order valence-corrected chi connectivity index (χ0v) is 12.3. The molecule has 3 rings (SSSR count). The largest absolute Gasteiger partial charge is 0.388 e. The summed E-state index contributed by atoms with van der Waals surface area (Å²) in [6.45, 7) is 1.88. The highest BCUT2D eigenvalue weighted by Crippen LogP contribution is 2.43. The Morgan fingerprint density at radius 1 is 1.29 bits per heavy atom. The zero-order valence-electron chi connectivity index (χ0n) is 12.3. The first-order chi connectivity index (χ1) is 10.2. The van der Waals surface area contributed by atoms with Gasteiger partial charge in [0, 0.05) is 7.11 Å². The molecule has 5 heteroatoms. The molecule has 0 saturated heterocycles. The molecule has 1 aromatic carbocycles. The molecular weight excluding hydrogens is 268 g/mol. The number of nitrogens with zero attached hydrogens (tertiary/aromatic N) is 2. The second kappa shape index (κ2) is 5.58. The van der Waals surface area contributed by atoms with Crippen molar-refractivity contribution in [3.05, 3.63) is 47.6 Å². The van der Waals surface area contributed by atoms with E-state index in [0.29, 0.717) is 11.7 Å². The lowest BCUT2D eigenvalue weighted by Gasteiger charge is -2.37. The molecule has 0 aliphatic heterocycles. The SMILES string of the molecule is COC1(c2noc(C(C)C(O)c3ccccc3)n2)CCC1. The lowest BCUT2D eigenvalue weighted by molar-refractivity contribution is -0.0858. The van der Waals surface area contributed by atoms with Crippen molar-refractivity contribution in [2.45, 2.75) is 43.8 Å². The number of ether oxygens (including phenoxy) is 1. The van der Waals surface area contributed by atoms with E-state index in [-0.39, 0.29) is 11.5 Å². The van der Waals surface area contributed by atoms with E-state index >= 15 is 0 Å². The Bertz CT molecular complexity index is 587. The fraction of sp³-hybridized carbons (Fsp3) is 0.500. The van der Waals surface area contributed by atoms with Crippen molar-refractivity contribution in [1.82, 2.24) is 10.1 Å². The molecule has 21 heavy (non-hydrogen) atoms. The van der Waals surface area contributed by atoms with Crippen molar-refractivity contribution in [3.63, 3.8) is 0 Å². The molecule has 5 nitrogen and oxygen atoms in total. The zero-order chi connectivity index (χ0) is 14.9. The lowest BCUT2D eigenvalue weighted by Crippen LogP contribution is -2.37. The first-order valence-electron chi connectivity index (χ1n) is 7.28. The van der Waals surface area contributed by atoms with Crippen LogP contribution in [-0.4, -0.2) is 22.4 Å². The third-order valence-electron chi connectivity index (χ3n) is 4.41. The Kier molecular flexibility index (Phi) is 3.78. The monoisotopic (exact) mass is 288 g/mol. The molecule has 0 spiro atoms. The first kappa shape index (κ1) is 14.2. The Morgan fingerprint density at radius 2 is 2.00 bits per heavy atom. The molecule has 1 N–H and O–H groups in total. The van der Waals surface area contributed by atoms with E-state index in [1.54, 1.807) is 7.11 Å². The average Bonchev–Trinajstić information content (AvgIpc) is 2.96. The summed E-state index contributed by atoms with van der Waals surface area (Å²) >= 11 is 0. The van der Waals surface area contributed by atoms with Crippen LogP contribution >= 0.6 is 0 Å². The smallest absolute Gasteiger partial charge is 0.232 e. The summed E-state index contributed by atoms with van der Waals surface area (Å²) in [4.78, 5) is 4.46. The molecule has 0 bridgehead atoms. The van der Waals surface area contributed by atoms with Gasteiger partial charge in [-0.1, -0.05) is 42.4 Å². The molecule has 112 valence electrons. The molecule has 2 unspecified atom stereocenters. The molecule has 1 aromatic heterocycles. The summed E-state index contributed by atoms with van der Waals surface area (Å²) < 4.78 is 10.9. The maximum atomic E-state index is 10.4. The van der Waals surface area contributed by atoms with Gasteiger partial charge in [0.25, 0.3) is 0 Å². The summed E-state index contributed by atoms with van der Waals surface area (Å²) in [5, 5.41) is 14.5. The quantitative estimate of drug-likeness (QED) is 0.916. The molecule has 1 saturated carbocycles. The summed E-state index contributed by atoms with van der Waals surface area (Å²) in [5.41, 5.74) is 0.453. The third-order valence-corrected chi connectivity index (χ3v) is 4.41. The number of aliphatic hydroxyl groups is 1. The number of benzene rings is 1. The van der Waals surface area contributed by atoms with Gasteiger partial charge in [0.05, 0.1) is 12.0 Å². The maximum Gasteiger partial charge on any atom is 0.232 e. The van der Waals surface area contributed by atoms with E-state index in [1.807, 2.05) is 37.3 Å². The van der Waals surface area contributed by atoms with Gasteiger partial charge in [-0.25, -0.2) is 0 Å². The summed E-state index contributed by atoms with van der Waals surface area (Å²) in [6, 6.07) is 9.50. The number of hydrogen-bond acceptors (Lipinski definition) is 5. The van der Waals surface area contributed by atoms with E-state index < -0.39 is 6.10 Å². The van der Waals surface area contributed by atoms with Crippen LogP contribution in [0, 0.1) is 0 Å². The molecule has 0 amide bonds. The molecule has 1 heterocycles. The topological polar surface area (TPSA) is 68.4 Å². The average molecular weight is 288 g/mol. The van der Waals surface area contributed by atoms with Crippen molar-refractivity contribution in [3.8, 4) is 0 Å². The number of methoxy groups -OCH3 is 1. The Hall–Kier alpha value is -1.72. The number of aliphatic hydroxyl groups excluding tert-OH is 1. The van der Waals surface area contributed by atoms with Crippen molar-refractivity contribution in [2.24, 2.45) is 0 Å². The van der Waals surface area contributed by atoms with Crippen LogP contribution < -0.4 is 0 Å². The van der Waals surface area contributed by atoms with Crippen molar-refractivity contribution >= 4 is 0 Å². The normalized spacial score (nSPS) is 19.8. The van der Waals surface area contributed by atoms with Crippen molar-refractivity contribution in [2.75, 3.05) is 7.11 Å². The van der Waals surface area contributed by atoms with Gasteiger partial charge in [-0.15, -0.1) is 0 Å². The van der Waals surface area contributed by atoms with Crippen molar-refractivity contribution < 1.29 is 14.4 Å². The summed E-state index contributed by atoms with van der Waals surface area (Å²) in [6.07, 6.45) is 2.27. The predicted octanol–water partition coefficient (Wildman–Crippen LogP) is 2.93. The number of rotatable bonds is 5. The highest BCUT2D eigenvalue weighted by molar-refractivity contribution is 5.20. The molecular formula is C16H20N2O3. The van der Waals surface area contributed by atoms with Crippen LogP contribution in [0.3, 0.4) is 0 Å². The van der Waals surface area contributed by atoms with Crippen LogP contribution in [0.4, 0.5) is 0 Å². The molecule has 2 atom stereocenters. The van der Waals surface area contributed by atoms with E-state index in [0.717, 1.165) is 24.8 Å². The van der Waals surface area contributed by atoms with Crippen molar-refractivity contribution in [1.29, 1.82) is 0 Å². The van der Waals surface area contributed by atoms with Crippen LogP contribution in [0.15, 0.2) is 34.9 Å². The Labute approximate surface area is 123 Å².